The third-order valence-corrected chi connectivity index (χ3v) is 7.81. The number of para-hydroxylation sites is 1. The van der Waals surface area contributed by atoms with Crippen LogP contribution in [0.15, 0.2) is 84.9 Å². The SMILES string of the molecule is O=C(O)c1ccc(CC(C=Cc2ccccc2OCCCCCc2ccccc2)CCN2CCC[C@H]2C(=O)O)cc1. The van der Waals surface area contributed by atoms with Gasteiger partial charge in [0, 0.05) is 5.56 Å². The Morgan fingerprint density at radius 1 is 0.902 bits per heavy atom. The van der Waals surface area contributed by atoms with E-state index in [1.807, 2.05) is 36.4 Å². The molecule has 0 spiro atoms. The van der Waals surface area contributed by atoms with Crippen molar-refractivity contribution in [3.63, 3.8) is 0 Å². The Morgan fingerprint density at radius 3 is 2.41 bits per heavy atom. The summed E-state index contributed by atoms with van der Waals surface area (Å²) in [6.45, 7) is 2.19. The first-order chi connectivity index (χ1) is 20.0. The fraction of sp³-hybridized carbons (Fsp3) is 0.371. The van der Waals surface area contributed by atoms with E-state index in [-0.39, 0.29) is 11.5 Å². The molecule has 3 aromatic carbocycles. The van der Waals surface area contributed by atoms with E-state index in [0.717, 1.165) is 68.4 Å². The highest BCUT2D eigenvalue weighted by molar-refractivity contribution is 5.87. The summed E-state index contributed by atoms with van der Waals surface area (Å²) < 4.78 is 6.18. The lowest BCUT2D eigenvalue weighted by Gasteiger charge is -2.23. The molecule has 1 unspecified atom stereocenters. The first-order valence-electron chi connectivity index (χ1n) is 14.7. The Morgan fingerprint density at radius 2 is 1.66 bits per heavy atom. The Hall–Kier alpha value is -3.90. The molecule has 1 heterocycles. The molecular formula is C35H41NO5. The number of carbonyl (C=O) groups is 2. The molecule has 41 heavy (non-hydrogen) atoms. The van der Waals surface area contributed by atoms with Gasteiger partial charge in [-0.05, 0) is 99.7 Å². The number of aliphatic carboxylic acids is 1. The fourth-order valence-electron chi connectivity index (χ4n) is 5.48. The maximum atomic E-state index is 11.7. The van der Waals surface area contributed by atoms with E-state index < -0.39 is 18.0 Å². The maximum absolute atomic E-state index is 11.7. The predicted octanol–water partition coefficient (Wildman–Crippen LogP) is 6.99. The summed E-state index contributed by atoms with van der Waals surface area (Å²) in [6, 6.07) is 25.2. The third-order valence-electron chi connectivity index (χ3n) is 7.81. The summed E-state index contributed by atoms with van der Waals surface area (Å²) in [5.74, 6) is -0.659. The topological polar surface area (TPSA) is 87.1 Å². The Bertz CT molecular complexity index is 1270. The van der Waals surface area contributed by atoms with Gasteiger partial charge < -0.3 is 14.9 Å². The third kappa shape index (κ3) is 9.61. The zero-order chi connectivity index (χ0) is 28.9. The van der Waals surface area contributed by atoms with Crippen molar-refractivity contribution in [2.24, 2.45) is 5.92 Å². The molecule has 0 radical (unpaired) electrons. The molecule has 4 rings (SSSR count). The number of rotatable bonds is 16. The summed E-state index contributed by atoms with van der Waals surface area (Å²) >= 11 is 0. The number of carboxylic acids is 2. The summed E-state index contributed by atoms with van der Waals surface area (Å²) in [4.78, 5) is 25.0. The zero-order valence-electron chi connectivity index (χ0n) is 23.7. The normalized spacial score (nSPS) is 16.1. The minimum Gasteiger partial charge on any atom is -0.493 e. The lowest BCUT2D eigenvalue weighted by Crippen LogP contribution is -2.37. The lowest BCUT2D eigenvalue weighted by molar-refractivity contribution is -0.142. The average molecular weight is 556 g/mol. The van der Waals surface area contributed by atoms with E-state index >= 15 is 0 Å². The molecule has 216 valence electrons. The summed E-state index contributed by atoms with van der Waals surface area (Å²) in [6.07, 6.45) is 11.8. The highest BCUT2D eigenvalue weighted by Gasteiger charge is 2.30. The quantitative estimate of drug-likeness (QED) is 0.185. The van der Waals surface area contributed by atoms with Crippen LogP contribution in [0.4, 0.5) is 0 Å². The van der Waals surface area contributed by atoms with Gasteiger partial charge in [0.05, 0.1) is 12.2 Å². The molecule has 1 saturated heterocycles. The summed E-state index contributed by atoms with van der Waals surface area (Å²) in [5, 5.41) is 18.8. The van der Waals surface area contributed by atoms with Crippen LogP contribution in [0.5, 0.6) is 5.75 Å². The van der Waals surface area contributed by atoms with Crippen LogP contribution in [0.25, 0.3) is 6.08 Å². The minimum absolute atomic E-state index is 0.159. The molecule has 0 aromatic heterocycles. The van der Waals surface area contributed by atoms with Crippen LogP contribution in [-0.4, -0.2) is 52.8 Å². The molecule has 1 aliphatic heterocycles. The van der Waals surface area contributed by atoms with Crippen LogP contribution >= 0.6 is 0 Å². The number of carboxylic acid groups (broad SMARTS) is 2. The minimum atomic E-state index is -0.936. The molecule has 1 aliphatic rings. The Kier molecular flexibility index (Phi) is 11.6. The molecule has 0 aliphatic carbocycles. The molecule has 2 atom stereocenters. The fourth-order valence-corrected chi connectivity index (χ4v) is 5.48. The molecule has 0 amide bonds. The average Bonchev–Trinajstić information content (AvgIpc) is 3.47. The Labute approximate surface area is 243 Å². The van der Waals surface area contributed by atoms with Crippen molar-refractivity contribution in [1.82, 2.24) is 4.90 Å². The number of unbranched alkanes of at least 4 members (excludes halogenated alkanes) is 2. The summed E-state index contributed by atoms with van der Waals surface area (Å²) in [7, 11) is 0. The first-order valence-corrected chi connectivity index (χ1v) is 14.7. The molecule has 6 heteroatoms. The van der Waals surface area contributed by atoms with E-state index in [4.69, 9.17) is 4.74 Å². The number of likely N-dealkylation sites (tertiary alicyclic amines) is 1. The van der Waals surface area contributed by atoms with Crippen molar-refractivity contribution < 1.29 is 24.5 Å². The standard InChI is InChI=1S/C35H41NO5/c37-34(38)31-20-17-28(18-21-31)26-29(22-24-36-23-9-14-32(36)35(39)40)16-19-30-13-6-7-15-33(30)41-25-8-2-5-12-27-10-3-1-4-11-27/h1,3-4,6-7,10-11,13,15-21,29,32H,2,5,8-9,12,14,22-26H2,(H,37,38)(H,39,40)/t29?,32-/m0/s1. The lowest BCUT2D eigenvalue weighted by atomic mass is 9.94. The molecule has 6 nitrogen and oxygen atoms in total. The molecule has 0 saturated carbocycles. The number of ether oxygens (including phenoxy) is 1. The number of nitrogens with zero attached hydrogens (tertiary/aromatic N) is 1. The van der Waals surface area contributed by atoms with E-state index in [1.54, 1.807) is 12.1 Å². The van der Waals surface area contributed by atoms with Crippen LogP contribution in [0.1, 0.15) is 65.6 Å². The second-order valence-electron chi connectivity index (χ2n) is 10.8. The van der Waals surface area contributed by atoms with Gasteiger partial charge in [0.15, 0.2) is 0 Å². The maximum Gasteiger partial charge on any atom is 0.335 e. The molecule has 3 aromatic rings. The van der Waals surface area contributed by atoms with Crippen molar-refractivity contribution in [2.45, 2.75) is 57.4 Å². The number of benzene rings is 3. The van der Waals surface area contributed by atoms with Crippen molar-refractivity contribution in [1.29, 1.82) is 0 Å². The van der Waals surface area contributed by atoms with Crippen LogP contribution in [0.3, 0.4) is 0 Å². The smallest absolute Gasteiger partial charge is 0.335 e. The van der Waals surface area contributed by atoms with Crippen LogP contribution in [-0.2, 0) is 17.6 Å². The van der Waals surface area contributed by atoms with E-state index in [9.17, 15) is 19.8 Å². The highest BCUT2D eigenvalue weighted by atomic mass is 16.5. The van der Waals surface area contributed by atoms with Gasteiger partial charge in [0.2, 0.25) is 0 Å². The molecule has 0 bridgehead atoms. The van der Waals surface area contributed by atoms with E-state index in [0.29, 0.717) is 19.6 Å². The van der Waals surface area contributed by atoms with E-state index in [2.05, 4.69) is 47.4 Å². The van der Waals surface area contributed by atoms with Gasteiger partial charge in [-0.25, -0.2) is 4.79 Å². The summed E-state index contributed by atoms with van der Waals surface area (Å²) in [5.41, 5.74) is 3.72. The van der Waals surface area contributed by atoms with Crippen LogP contribution in [0, 0.1) is 5.92 Å². The van der Waals surface area contributed by atoms with Gasteiger partial charge in [-0.3, -0.25) is 9.69 Å². The van der Waals surface area contributed by atoms with Gasteiger partial charge >= 0.3 is 11.9 Å². The first kappa shape index (κ1) is 30.1. The van der Waals surface area contributed by atoms with Gasteiger partial charge in [0.1, 0.15) is 11.8 Å². The largest absolute Gasteiger partial charge is 0.493 e. The van der Waals surface area contributed by atoms with Crippen LogP contribution in [0.2, 0.25) is 0 Å². The number of hydrogen-bond acceptors (Lipinski definition) is 4. The highest BCUT2D eigenvalue weighted by Crippen LogP contribution is 2.25. The second-order valence-corrected chi connectivity index (χ2v) is 10.8. The number of allylic oxidation sites excluding steroid dienone is 1. The van der Waals surface area contributed by atoms with Gasteiger partial charge in [0.25, 0.3) is 0 Å². The molecule has 2 N–H and O–H groups in total. The van der Waals surface area contributed by atoms with Gasteiger partial charge in [-0.2, -0.15) is 0 Å². The van der Waals surface area contributed by atoms with Gasteiger partial charge in [-0.15, -0.1) is 0 Å². The monoisotopic (exact) mass is 555 g/mol. The molecular weight excluding hydrogens is 514 g/mol. The number of aromatic carboxylic acids is 1. The zero-order valence-corrected chi connectivity index (χ0v) is 23.7. The number of hydrogen-bond donors (Lipinski definition) is 2. The van der Waals surface area contributed by atoms with Crippen molar-refractivity contribution in [2.75, 3.05) is 19.7 Å². The van der Waals surface area contributed by atoms with Crippen molar-refractivity contribution >= 4 is 18.0 Å². The van der Waals surface area contributed by atoms with Gasteiger partial charge in [-0.1, -0.05) is 72.8 Å². The second kappa shape index (κ2) is 15.8. The van der Waals surface area contributed by atoms with Crippen molar-refractivity contribution in [3.8, 4) is 5.75 Å². The number of aryl methyl sites for hydroxylation is 1. The van der Waals surface area contributed by atoms with Crippen molar-refractivity contribution in [3.05, 3.63) is 107 Å². The van der Waals surface area contributed by atoms with E-state index in [1.165, 1.54) is 5.56 Å². The predicted molar refractivity (Wildman–Crippen MR) is 162 cm³/mol. The van der Waals surface area contributed by atoms with Crippen LogP contribution < -0.4 is 4.74 Å². The molecule has 1 fully saturated rings. The Balaban J connectivity index is 1.36.